The third-order valence-electron chi connectivity index (χ3n) is 2.70. The summed E-state index contributed by atoms with van der Waals surface area (Å²) in [6.45, 7) is 2.12. The summed E-state index contributed by atoms with van der Waals surface area (Å²) in [6, 6.07) is 0. The van der Waals surface area contributed by atoms with Crippen molar-refractivity contribution in [1.82, 2.24) is 0 Å². The Balaban J connectivity index is 2.46. The smallest absolute Gasteiger partial charge is 0.166 e. The van der Waals surface area contributed by atoms with E-state index in [0.717, 1.165) is 31.3 Å². The monoisotopic (exact) mass is 218 g/mol. The Morgan fingerprint density at radius 3 is 2.33 bits per heavy atom. The van der Waals surface area contributed by atoms with Crippen LogP contribution in [0, 0.1) is 0 Å². The molecular weight excluding hydrogens is 201 g/mol. The average Bonchev–Trinajstić information content (AvgIpc) is 2.18. The van der Waals surface area contributed by atoms with Crippen molar-refractivity contribution in [1.29, 1.82) is 0 Å². The Morgan fingerprint density at radius 2 is 1.87 bits per heavy atom. The Labute approximate surface area is 88.9 Å². The Hall–Kier alpha value is -0.730. The minimum atomic E-state index is -4.13. The van der Waals surface area contributed by atoms with Gasteiger partial charge in [0, 0.05) is 5.57 Å². The van der Waals surface area contributed by atoms with Gasteiger partial charge in [-0.3, -0.25) is 0 Å². The third-order valence-corrected chi connectivity index (χ3v) is 2.70. The van der Waals surface area contributed by atoms with E-state index in [0.29, 0.717) is 6.42 Å². The SMILES string of the molecule is CCCCCC1=CC=C(C(F)(F)F)CC1. The van der Waals surface area contributed by atoms with Crippen molar-refractivity contribution in [3.8, 4) is 0 Å². The minimum Gasteiger partial charge on any atom is -0.166 e. The van der Waals surface area contributed by atoms with E-state index in [1.807, 2.05) is 0 Å². The summed E-state index contributed by atoms with van der Waals surface area (Å²) >= 11 is 0. The van der Waals surface area contributed by atoms with Crippen LogP contribution < -0.4 is 0 Å². The van der Waals surface area contributed by atoms with Crippen LogP contribution in [0.1, 0.15) is 45.4 Å². The number of alkyl halides is 3. The van der Waals surface area contributed by atoms with E-state index in [9.17, 15) is 13.2 Å². The van der Waals surface area contributed by atoms with Gasteiger partial charge in [-0.1, -0.05) is 37.5 Å². The van der Waals surface area contributed by atoms with Gasteiger partial charge >= 0.3 is 6.18 Å². The van der Waals surface area contributed by atoms with Crippen molar-refractivity contribution in [3.63, 3.8) is 0 Å². The van der Waals surface area contributed by atoms with Gasteiger partial charge in [0.15, 0.2) is 0 Å². The largest absolute Gasteiger partial charge is 0.412 e. The van der Waals surface area contributed by atoms with Crippen LogP contribution in [0.2, 0.25) is 0 Å². The molecule has 0 fully saturated rings. The predicted molar refractivity (Wildman–Crippen MR) is 55.6 cm³/mol. The van der Waals surface area contributed by atoms with Gasteiger partial charge in [0.05, 0.1) is 0 Å². The molecule has 0 radical (unpaired) electrons. The minimum absolute atomic E-state index is 0.154. The molecule has 0 aromatic heterocycles. The molecule has 3 heteroatoms. The molecule has 0 aromatic rings. The molecule has 0 aromatic carbocycles. The summed E-state index contributed by atoms with van der Waals surface area (Å²) in [5.41, 5.74) is 0.776. The highest BCUT2D eigenvalue weighted by atomic mass is 19.4. The van der Waals surface area contributed by atoms with E-state index in [4.69, 9.17) is 0 Å². The van der Waals surface area contributed by atoms with Crippen molar-refractivity contribution in [2.75, 3.05) is 0 Å². The second kappa shape index (κ2) is 5.38. The van der Waals surface area contributed by atoms with E-state index in [1.54, 1.807) is 6.08 Å². The highest BCUT2D eigenvalue weighted by Crippen LogP contribution is 2.33. The van der Waals surface area contributed by atoms with E-state index in [-0.39, 0.29) is 12.0 Å². The first-order chi connectivity index (χ1) is 7.04. The molecule has 0 heterocycles. The van der Waals surface area contributed by atoms with E-state index >= 15 is 0 Å². The molecule has 0 bridgehead atoms. The average molecular weight is 218 g/mol. The Kier molecular flexibility index (Phi) is 4.43. The van der Waals surface area contributed by atoms with Gasteiger partial charge in [-0.25, -0.2) is 0 Å². The Morgan fingerprint density at radius 1 is 1.13 bits per heavy atom. The van der Waals surface area contributed by atoms with Crippen LogP contribution in [0.5, 0.6) is 0 Å². The maximum Gasteiger partial charge on any atom is 0.412 e. The predicted octanol–water partition coefficient (Wildman–Crippen LogP) is 4.78. The fourth-order valence-corrected chi connectivity index (χ4v) is 1.73. The second-order valence-corrected chi connectivity index (χ2v) is 3.97. The first-order valence-electron chi connectivity index (χ1n) is 5.50. The maximum absolute atomic E-state index is 12.3. The normalized spacial score (nSPS) is 17.3. The lowest BCUT2D eigenvalue weighted by Crippen LogP contribution is -2.13. The summed E-state index contributed by atoms with van der Waals surface area (Å²) < 4.78 is 36.8. The van der Waals surface area contributed by atoms with Crippen molar-refractivity contribution in [3.05, 3.63) is 23.3 Å². The standard InChI is InChI=1S/C12H17F3/c1-2-3-4-5-10-6-8-11(9-7-10)12(13,14)15/h6,8H,2-5,7,9H2,1H3. The molecule has 0 N–H and O–H groups in total. The molecule has 1 aliphatic rings. The number of allylic oxidation sites excluding steroid dienone is 4. The first kappa shape index (κ1) is 12.3. The van der Waals surface area contributed by atoms with Crippen molar-refractivity contribution >= 4 is 0 Å². The van der Waals surface area contributed by atoms with Crippen LogP contribution in [0.15, 0.2) is 23.3 Å². The van der Waals surface area contributed by atoms with E-state index < -0.39 is 6.18 Å². The zero-order chi connectivity index (χ0) is 11.3. The zero-order valence-electron chi connectivity index (χ0n) is 9.03. The fraction of sp³-hybridized carbons (Fsp3) is 0.667. The number of unbranched alkanes of at least 4 members (excludes halogenated alkanes) is 2. The maximum atomic E-state index is 12.3. The molecule has 0 aliphatic heterocycles. The third kappa shape index (κ3) is 4.10. The van der Waals surface area contributed by atoms with Crippen LogP contribution >= 0.6 is 0 Å². The summed E-state index contributed by atoms with van der Waals surface area (Å²) in [6.07, 6.45) is 3.85. The molecule has 0 unspecified atom stereocenters. The molecule has 0 nitrogen and oxygen atoms in total. The molecule has 86 valence electrons. The van der Waals surface area contributed by atoms with Crippen LogP contribution in [-0.4, -0.2) is 6.18 Å². The molecule has 1 rings (SSSR count). The summed E-state index contributed by atoms with van der Waals surface area (Å²) in [5, 5.41) is 0. The summed E-state index contributed by atoms with van der Waals surface area (Å²) in [5.74, 6) is 0. The molecular formula is C12H17F3. The van der Waals surface area contributed by atoms with Crippen LogP contribution in [-0.2, 0) is 0 Å². The summed E-state index contributed by atoms with van der Waals surface area (Å²) in [7, 11) is 0. The molecule has 0 amide bonds. The highest BCUT2D eigenvalue weighted by Gasteiger charge is 2.33. The highest BCUT2D eigenvalue weighted by molar-refractivity contribution is 5.26. The zero-order valence-corrected chi connectivity index (χ0v) is 9.03. The van der Waals surface area contributed by atoms with Gasteiger partial charge < -0.3 is 0 Å². The Bertz CT molecular complexity index is 259. The molecule has 0 saturated heterocycles. The van der Waals surface area contributed by atoms with E-state index in [1.165, 1.54) is 6.08 Å². The lowest BCUT2D eigenvalue weighted by molar-refractivity contribution is -0.0941. The van der Waals surface area contributed by atoms with Crippen LogP contribution in [0.3, 0.4) is 0 Å². The fourth-order valence-electron chi connectivity index (χ4n) is 1.73. The number of halogens is 3. The molecule has 0 atom stereocenters. The van der Waals surface area contributed by atoms with Crippen molar-refractivity contribution in [2.45, 2.75) is 51.6 Å². The molecule has 0 saturated carbocycles. The molecule has 15 heavy (non-hydrogen) atoms. The number of hydrogen-bond acceptors (Lipinski definition) is 0. The molecule has 0 spiro atoms. The lowest BCUT2D eigenvalue weighted by atomic mass is 9.94. The van der Waals surface area contributed by atoms with Gasteiger partial charge in [-0.05, 0) is 25.7 Å². The van der Waals surface area contributed by atoms with E-state index in [2.05, 4.69) is 6.92 Å². The van der Waals surface area contributed by atoms with Crippen molar-refractivity contribution in [2.24, 2.45) is 0 Å². The van der Waals surface area contributed by atoms with Gasteiger partial charge in [0.1, 0.15) is 0 Å². The van der Waals surface area contributed by atoms with Crippen LogP contribution in [0.4, 0.5) is 13.2 Å². The van der Waals surface area contributed by atoms with Gasteiger partial charge in [-0.2, -0.15) is 13.2 Å². The van der Waals surface area contributed by atoms with Crippen molar-refractivity contribution < 1.29 is 13.2 Å². The number of hydrogen-bond donors (Lipinski definition) is 0. The van der Waals surface area contributed by atoms with Gasteiger partial charge in [-0.15, -0.1) is 0 Å². The number of rotatable bonds is 4. The second-order valence-electron chi connectivity index (χ2n) is 3.97. The van der Waals surface area contributed by atoms with Crippen LogP contribution in [0.25, 0.3) is 0 Å². The quantitative estimate of drug-likeness (QED) is 0.596. The van der Waals surface area contributed by atoms with Gasteiger partial charge in [0.25, 0.3) is 0 Å². The topological polar surface area (TPSA) is 0 Å². The first-order valence-corrected chi connectivity index (χ1v) is 5.50. The lowest BCUT2D eigenvalue weighted by Gasteiger charge is -2.16. The summed E-state index contributed by atoms with van der Waals surface area (Å²) in [4.78, 5) is 0. The molecule has 1 aliphatic carbocycles. The van der Waals surface area contributed by atoms with Gasteiger partial charge in [0.2, 0.25) is 0 Å².